The molecule has 1 saturated heterocycles. The van der Waals surface area contributed by atoms with Crippen molar-refractivity contribution in [2.24, 2.45) is 0 Å². The van der Waals surface area contributed by atoms with Crippen LogP contribution >= 0.6 is 0 Å². The zero-order chi connectivity index (χ0) is 23.3. The molecule has 1 fully saturated rings. The minimum atomic E-state index is -6.91. The lowest BCUT2D eigenvalue weighted by molar-refractivity contribution is -0.397. The fourth-order valence-electron chi connectivity index (χ4n) is 3.02. The maximum Gasteiger partial charge on any atom is 0.464 e. The van der Waals surface area contributed by atoms with Gasteiger partial charge in [-0.2, -0.15) is 39.5 Å². The predicted octanol–water partition coefficient (Wildman–Crippen LogP) is 6.89. The van der Waals surface area contributed by atoms with Crippen molar-refractivity contribution in [3.05, 3.63) is 0 Å². The maximum absolute atomic E-state index is 14.3. The summed E-state index contributed by atoms with van der Waals surface area (Å²) in [5.41, 5.74) is -2.09. The second-order valence-corrected chi connectivity index (χ2v) is 8.87. The van der Waals surface area contributed by atoms with Crippen molar-refractivity contribution >= 4 is 7.12 Å². The fourth-order valence-corrected chi connectivity index (χ4v) is 3.02. The number of hydrogen-bond donors (Lipinski definition) is 0. The molecule has 0 saturated carbocycles. The number of unbranched alkanes of at least 4 members (excludes halogenated alkanes) is 1. The van der Waals surface area contributed by atoms with Crippen molar-refractivity contribution in [3.63, 3.8) is 0 Å². The summed E-state index contributed by atoms with van der Waals surface area (Å²) in [6.45, 7) is 9.01. The van der Waals surface area contributed by atoms with E-state index in [1.54, 1.807) is 34.6 Å². The summed E-state index contributed by atoms with van der Waals surface area (Å²) in [5.74, 6) is -19.3. The highest BCUT2D eigenvalue weighted by atomic mass is 19.4. The topological polar surface area (TPSA) is 18.5 Å². The molecule has 0 N–H and O–H groups in total. The molecule has 0 aromatic carbocycles. The quantitative estimate of drug-likeness (QED) is 0.300. The van der Waals surface area contributed by atoms with Gasteiger partial charge in [0.05, 0.1) is 11.2 Å². The van der Waals surface area contributed by atoms with Crippen molar-refractivity contribution in [2.45, 2.75) is 108 Å². The highest BCUT2D eigenvalue weighted by Crippen LogP contribution is 2.59. The van der Waals surface area contributed by atoms with Crippen LogP contribution in [0.3, 0.4) is 0 Å². The summed E-state index contributed by atoms with van der Waals surface area (Å²) in [7, 11) is -1.50. The Kier molecular flexibility index (Phi) is 6.82. The van der Waals surface area contributed by atoms with Gasteiger partial charge in [-0.3, -0.25) is 0 Å². The summed E-state index contributed by atoms with van der Waals surface area (Å²) in [6, 6.07) is 0. The molecule has 1 atom stereocenters. The monoisotopic (exact) mass is 444 g/mol. The molecule has 0 bridgehead atoms. The Hall–Kier alpha value is -0.645. The third-order valence-electron chi connectivity index (χ3n) is 5.76. The average Bonchev–Trinajstić information content (AvgIpc) is 2.72. The van der Waals surface area contributed by atoms with E-state index in [4.69, 9.17) is 9.31 Å². The summed E-state index contributed by atoms with van der Waals surface area (Å²) in [5, 5.41) is -1.95. The van der Waals surface area contributed by atoms with E-state index in [-0.39, 0.29) is 12.8 Å². The molecule has 29 heavy (non-hydrogen) atoms. The van der Waals surface area contributed by atoms with Gasteiger partial charge in [-0.25, -0.2) is 0 Å². The SMILES string of the molecule is CCCCC(C)(CC(F)(F)C(F)(F)C(F)(F)C(F)(F)F)B1OC(C)(C)C(C)(C)O1. The number of halogens is 9. The molecule has 12 heteroatoms. The third-order valence-corrected chi connectivity index (χ3v) is 5.76. The van der Waals surface area contributed by atoms with Crippen LogP contribution in [0.5, 0.6) is 0 Å². The van der Waals surface area contributed by atoms with Gasteiger partial charge in [0.15, 0.2) is 0 Å². The van der Waals surface area contributed by atoms with Crippen molar-refractivity contribution in [3.8, 4) is 0 Å². The molecular weight excluding hydrogens is 418 g/mol. The highest BCUT2D eigenvalue weighted by molar-refractivity contribution is 6.49. The van der Waals surface area contributed by atoms with E-state index in [0.29, 0.717) is 6.42 Å². The van der Waals surface area contributed by atoms with E-state index in [1.165, 1.54) is 0 Å². The van der Waals surface area contributed by atoms with Crippen LogP contribution in [0, 0.1) is 0 Å². The number of alkyl halides is 9. The van der Waals surface area contributed by atoms with Crippen LogP contribution in [0.1, 0.15) is 67.2 Å². The van der Waals surface area contributed by atoms with Gasteiger partial charge in [0.25, 0.3) is 0 Å². The minimum Gasteiger partial charge on any atom is -0.403 e. The van der Waals surface area contributed by atoms with Crippen molar-refractivity contribution in [1.29, 1.82) is 0 Å². The molecule has 1 aliphatic rings. The molecule has 1 rings (SSSR count). The molecule has 0 aliphatic carbocycles. The van der Waals surface area contributed by atoms with Crippen LogP contribution in [-0.2, 0) is 9.31 Å². The first-order chi connectivity index (χ1) is 12.6. The van der Waals surface area contributed by atoms with Gasteiger partial charge in [0.1, 0.15) is 0 Å². The van der Waals surface area contributed by atoms with Crippen molar-refractivity contribution < 1.29 is 48.8 Å². The van der Waals surface area contributed by atoms with Gasteiger partial charge in [0.2, 0.25) is 0 Å². The predicted molar refractivity (Wildman–Crippen MR) is 89.5 cm³/mol. The average molecular weight is 444 g/mol. The Morgan fingerprint density at radius 3 is 1.52 bits per heavy atom. The first-order valence-electron chi connectivity index (χ1n) is 9.14. The molecule has 1 unspecified atom stereocenters. The molecule has 172 valence electrons. The van der Waals surface area contributed by atoms with Crippen LogP contribution in [-0.4, -0.2) is 42.3 Å². The van der Waals surface area contributed by atoms with Crippen LogP contribution in [0.4, 0.5) is 39.5 Å². The van der Waals surface area contributed by atoms with Gasteiger partial charge in [-0.05, 0) is 34.1 Å². The van der Waals surface area contributed by atoms with E-state index in [2.05, 4.69) is 0 Å². The third kappa shape index (κ3) is 4.52. The van der Waals surface area contributed by atoms with Gasteiger partial charge in [0, 0.05) is 11.7 Å². The van der Waals surface area contributed by atoms with Crippen molar-refractivity contribution in [2.75, 3.05) is 0 Å². The lowest BCUT2D eigenvalue weighted by Gasteiger charge is -2.39. The Morgan fingerprint density at radius 2 is 1.17 bits per heavy atom. The molecule has 0 spiro atoms. The van der Waals surface area contributed by atoms with E-state index in [1.807, 2.05) is 0 Å². The lowest BCUT2D eigenvalue weighted by Crippen LogP contribution is -2.62. The molecule has 0 amide bonds. The Bertz CT molecular complexity index is 574. The molecule has 1 aliphatic heterocycles. The molecule has 0 aromatic rings. The van der Waals surface area contributed by atoms with E-state index >= 15 is 0 Å². The summed E-state index contributed by atoms with van der Waals surface area (Å²) < 4.78 is 131. The van der Waals surface area contributed by atoms with Gasteiger partial charge < -0.3 is 9.31 Å². The summed E-state index contributed by atoms with van der Waals surface area (Å²) >= 11 is 0. The highest BCUT2D eigenvalue weighted by Gasteiger charge is 2.82. The molecule has 0 radical (unpaired) electrons. The van der Waals surface area contributed by atoms with Crippen LogP contribution < -0.4 is 0 Å². The standard InChI is InChI=1S/C17H26BF9O2/c1-7-8-9-13(6,18-28-11(2,3)12(4,5)29-18)10-14(19,20)15(21,22)16(23,24)17(25,26)27/h7-10H2,1-6H3. The molecule has 2 nitrogen and oxygen atoms in total. The summed E-state index contributed by atoms with van der Waals surface area (Å²) in [6.07, 6.45) is -8.36. The summed E-state index contributed by atoms with van der Waals surface area (Å²) in [4.78, 5) is 0. The Labute approximate surface area is 164 Å². The van der Waals surface area contributed by atoms with Gasteiger partial charge in [-0.1, -0.05) is 26.7 Å². The van der Waals surface area contributed by atoms with Crippen LogP contribution in [0.2, 0.25) is 5.31 Å². The van der Waals surface area contributed by atoms with E-state index in [9.17, 15) is 39.5 Å². The first kappa shape index (κ1) is 26.4. The van der Waals surface area contributed by atoms with Crippen LogP contribution in [0.25, 0.3) is 0 Å². The van der Waals surface area contributed by atoms with E-state index < -0.39 is 54.0 Å². The zero-order valence-corrected chi connectivity index (χ0v) is 17.1. The first-order valence-corrected chi connectivity index (χ1v) is 9.14. The van der Waals surface area contributed by atoms with Crippen LogP contribution in [0.15, 0.2) is 0 Å². The Morgan fingerprint density at radius 1 is 0.759 bits per heavy atom. The lowest BCUT2D eigenvalue weighted by atomic mass is 9.53. The molecule has 1 heterocycles. The Balaban J connectivity index is 3.33. The molecular formula is C17H26BF9O2. The second-order valence-electron chi connectivity index (χ2n) is 8.87. The second kappa shape index (κ2) is 7.49. The van der Waals surface area contributed by atoms with Crippen molar-refractivity contribution in [1.82, 2.24) is 0 Å². The maximum atomic E-state index is 14.3. The number of hydrogen-bond acceptors (Lipinski definition) is 2. The molecule has 0 aromatic heterocycles. The fraction of sp³-hybridized carbons (Fsp3) is 1.00. The number of rotatable bonds is 8. The van der Waals surface area contributed by atoms with Gasteiger partial charge >= 0.3 is 31.1 Å². The van der Waals surface area contributed by atoms with Gasteiger partial charge in [-0.15, -0.1) is 0 Å². The largest absolute Gasteiger partial charge is 0.464 e. The smallest absolute Gasteiger partial charge is 0.403 e. The zero-order valence-electron chi connectivity index (χ0n) is 17.1. The van der Waals surface area contributed by atoms with E-state index in [0.717, 1.165) is 6.92 Å². The minimum absolute atomic E-state index is 0.205. The normalized spacial score (nSPS) is 22.7.